The number of ether oxygens (including phenoxy) is 1. The lowest BCUT2D eigenvalue weighted by Crippen LogP contribution is -2.07. The number of halogens is 3. The summed E-state index contributed by atoms with van der Waals surface area (Å²) in [5, 5.41) is 9.42. The summed E-state index contributed by atoms with van der Waals surface area (Å²) in [6.45, 7) is 0. The van der Waals surface area contributed by atoms with Gasteiger partial charge in [-0.15, -0.1) is 0 Å². The van der Waals surface area contributed by atoms with E-state index < -0.39 is 33.5 Å². The van der Waals surface area contributed by atoms with Crippen LogP contribution < -0.4 is 4.74 Å². The maximum Gasteiger partial charge on any atom is 0.312 e. The van der Waals surface area contributed by atoms with Gasteiger partial charge in [0.05, 0.1) is 18.2 Å². The third-order valence-electron chi connectivity index (χ3n) is 1.85. The molecule has 0 unspecified atom stereocenters. The van der Waals surface area contributed by atoms with Gasteiger partial charge in [0.15, 0.2) is 17.0 Å². The summed E-state index contributed by atoms with van der Waals surface area (Å²) >= 11 is 5.12. The summed E-state index contributed by atoms with van der Waals surface area (Å²) in [6.07, 6.45) is -2.42. The quantitative estimate of drug-likeness (QED) is 0.474. The van der Waals surface area contributed by atoms with E-state index >= 15 is 0 Å². The Morgan fingerprint density at radius 1 is 1.65 bits per heavy atom. The van der Waals surface area contributed by atoms with Gasteiger partial charge in [-0.25, -0.2) is 13.8 Å². The Labute approximate surface area is 98.3 Å². The highest BCUT2D eigenvalue weighted by Crippen LogP contribution is 2.35. The second-order valence-electron chi connectivity index (χ2n) is 2.77. The number of hydrogen-bond donors (Lipinski definition) is 0. The molecule has 0 aliphatic carbocycles. The van der Waals surface area contributed by atoms with Crippen molar-refractivity contribution in [2.24, 2.45) is 0 Å². The van der Waals surface area contributed by atoms with Gasteiger partial charge in [-0.3, -0.25) is 14.9 Å². The summed E-state index contributed by atoms with van der Waals surface area (Å²) in [5.41, 5.74) is -3.00. The van der Waals surface area contributed by atoms with Gasteiger partial charge in [0.2, 0.25) is 0 Å². The number of pyridine rings is 1. The lowest BCUT2D eigenvalue weighted by atomic mass is 10.1. The highest BCUT2D eigenvalue weighted by Gasteiger charge is 2.33. The average molecular weight is 267 g/mol. The smallest absolute Gasteiger partial charge is 0.312 e. The highest BCUT2D eigenvalue weighted by atomic mass is 35.5. The van der Waals surface area contributed by atoms with Crippen molar-refractivity contribution in [2.75, 3.05) is 7.11 Å². The van der Waals surface area contributed by atoms with Crippen LogP contribution in [0, 0.1) is 10.1 Å². The number of nitro groups is 1. The first-order chi connectivity index (χ1) is 7.90. The van der Waals surface area contributed by atoms with Gasteiger partial charge in [0.1, 0.15) is 0 Å². The average Bonchev–Trinajstić information content (AvgIpc) is 2.26. The number of carbonyl (C=O) groups is 1. The Hall–Kier alpha value is -1.83. The monoisotopic (exact) mass is 266 g/mol. The highest BCUT2D eigenvalue weighted by molar-refractivity contribution is 6.68. The molecule has 0 spiro atoms. The van der Waals surface area contributed by atoms with Crippen molar-refractivity contribution in [3.8, 4) is 5.75 Å². The molecule has 1 aromatic rings. The normalized spacial score (nSPS) is 10.4. The first-order valence-electron chi connectivity index (χ1n) is 4.09. The van der Waals surface area contributed by atoms with E-state index in [4.69, 9.17) is 11.6 Å². The number of carbonyl (C=O) groups excluding carboxylic acids is 1. The predicted octanol–water partition coefficient (Wildman–Crippen LogP) is 2.32. The van der Waals surface area contributed by atoms with Crippen LogP contribution >= 0.6 is 11.6 Å². The maximum absolute atomic E-state index is 12.5. The van der Waals surface area contributed by atoms with Gasteiger partial charge < -0.3 is 4.74 Å². The molecule has 0 atom stereocenters. The van der Waals surface area contributed by atoms with E-state index in [0.29, 0.717) is 0 Å². The van der Waals surface area contributed by atoms with Crippen LogP contribution in [0.5, 0.6) is 5.75 Å². The molecule has 0 amide bonds. The zero-order valence-electron chi connectivity index (χ0n) is 8.32. The van der Waals surface area contributed by atoms with Crippen LogP contribution in [0.3, 0.4) is 0 Å². The summed E-state index contributed by atoms with van der Waals surface area (Å²) in [4.78, 5) is 23.8. The number of aromatic nitrogens is 1. The molecule has 92 valence electrons. The molecule has 0 saturated heterocycles. The van der Waals surface area contributed by atoms with Crippen molar-refractivity contribution in [1.82, 2.24) is 4.98 Å². The van der Waals surface area contributed by atoms with Gasteiger partial charge >= 0.3 is 5.69 Å². The summed E-state index contributed by atoms with van der Waals surface area (Å²) in [6, 6.07) is 0. The van der Waals surface area contributed by atoms with Crippen molar-refractivity contribution < 1.29 is 23.2 Å². The van der Waals surface area contributed by atoms with Gasteiger partial charge in [0, 0.05) is 0 Å². The van der Waals surface area contributed by atoms with Crippen molar-refractivity contribution in [1.29, 1.82) is 0 Å². The van der Waals surface area contributed by atoms with Crippen LogP contribution in [0.1, 0.15) is 22.5 Å². The van der Waals surface area contributed by atoms with E-state index in [0.717, 1.165) is 13.3 Å². The molecule has 0 aromatic carbocycles. The number of rotatable bonds is 4. The summed E-state index contributed by atoms with van der Waals surface area (Å²) < 4.78 is 29.6. The first-order valence-corrected chi connectivity index (χ1v) is 4.47. The van der Waals surface area contributed by atoms with Gasteiger partial charge in [0.25, 0.3) is 11.7 Å². The van der Waals surface area contributed by atoms with Crippen molar-refractivity contribution in [2.45, 2.75) is 6.43 Å². The summed E-state index contributed by atoms with van der Waals surface area (Å²) in [7, 11) is 1.10. The van der Waals surface area contributed by atoms with E-state index in [9.17, 15) is 23.7 Å². The fraction of sp³-hybridized carbons (Fsp3) is 0.250. The molecule has 1 heterocycles. The molecule has 0 saturated carbocycles. The minimum atomic E-state index is -3.20. The fourth-order valence-electron chi connectivity index (χ4n) is 1.19. The van der Waals surface area contributed by atoms with Crippen molar-refractivity contribution >= 4 is 22.5 Å². The zero-order valence-corrected chi connectivity index (χ0v) is 9.07. The number of methoxy groups -OCH3 is 1. The molecule has 6 nitrogen and oxygen atoms in total. The number of hydrogen-bond acceptors (Lipinski definition) is 5. The van der Waals surface area contributed by atoms with Crippen LogP contribution in [0.4, 0.5) is 14.5 Å². The third kappa shape index (κ3) is 2.47. The Bertz CT molecular complexity index is 481. The first kappa shape index (κ1) is 13.2. The second kappa shape index (κ2) is 5.00. The molecule has 9 heteroatoms. The number of nitrogens with zero attached hydrogens (tertiary/aromatic N) is 2. The maximum atomic E-state index is 12.5. The number of alkyl halides is 2. The molecular weight excluding hydrogens is 262 g/mol. The zero-order chi connectivity index (χ0) is 13.2. The van der Waals surface area contributed by atoms with E-state index in [1.807, 2.05) is 0 Å². The minimum absolute atomic E-state index is 0.332. The molecule has 0 fully saturated rings. The Morgan fingerprint density at radius 3 is 2.59 bits per heavy atom. The van der Waals surface area contributed by atoms with Crippen LogP contribution in [0.15, 0.2) is 6.20 Å². The van der Waals surface area contributed by atoms with Gasteiger partial charge in [-0.05, 0) is 11.6 Å². The lowest BCUT2D eigenvalue weighted by Gasteiger charge is -2.07. The second-order valence-corrected chi connectivity index (χ2v) is 3.11. The third-order valence-corrected chi connectivity index (χ3v) is 2.04. The Kier molecular flexibility index (Phi) is 3.89. The Morgan fingerprint density at radius 2 is 2.24 bits per heavy atom. The van der Waals surface area contributed by atoms with Crippen LogP contribution in [0.2, 0.25) is 0 Å². The topological polar surface area (TPSA) is 82.3 Å². The Balaban J connectivity index is 3.65. The van der Waals surface area contributed by atoms with Crippen LogP contribution in [-0.2, 0) is 0 Å². The minimum Gasteiger partial charge on any atom is -0.494 e. The molecule has 0 bridgehead atoms. The molecular formula is C8H5ClF2N2O4. The van der Waals surface area contributed by atoms with Gasteiger partial charge in [-0.1, -0.05) is 0 Å². The largest absolute Gasteiger partial charge is 0.494 e. The molecule has 1 rings (SSSR count). The van der Waals surface area contributed by atoms with Crippen LogP contribution in [0.25, 0.3) is 0 Å². The lowest BCUT2D eigenvalue weighted by molar-refractivity contribution is -0.386. The molecule has 0 aliphatic rings. The van der Waals surface area contributed by atoms with E-state index in [2.05, 4.69) is 9.72 Å². The van der Waals surface area contributed by atoms with E-state index in [1.54, 1.807) is 0 Å². The summed E-state index contributed by atoms with van der Waals surface area (Å²) in [5.74, 6) is -0.332. The predicted molar refractivity (Wildman–Crippen MR) is 52.6 cm³/mol. The standard InChI is InChI=1S/C8H5ClF2N2O4/c1-17-3-2-12-5(8(10)11)6(13(15)16)4(3)7(9)14/h2,8H,1H3. The molecule has 17 heavy (non-hydrogen) atoms. The van der Waals surface area contributed by atoms with Crippen molar-refractivity contribution in [3.05, 3.63) is 27.6 Å². The molecule has 0 radical (unpaired) electrons. The molecule has 1 aromatic heterocycles. The fourth-order valence-corrected chi connectivity index (χ4v) is 1.37. The van der Waals surface area contributed by atoms with E-state index in [-0.39, 0.29) is 5.75 Å². The van der Waals surface area contributed by atoms with Gasteiger partial charge in [-0.2, -0.15) is 0 Å². The molecule has 0 N–H and O–H groups in total. The SMILES string of the molecule is COc1cnc(C(F)F)c([N+](=O)[O-])c1C(=O)Cl. The van der Waals surface area contributed by atoms with Crippen LogP contribution in [-0.4, -0.2) is 22.3 Å². The van der Waals surface area contributed by atoms with E-state index in [1.165, 1.54) is 0 Å². The molecule has 0 aliphatic heterocycles. The van der Waals surface area contributed by atoms with Crippen molar-refractivity contribution in [3.63, 3.8) is 0 Å².